The molecule has 1 aromatic heterocycles. The van der Waals surface area contributed by atoms with Crippen LogP contribution in [-0.4, -0.2) is 22.1 Å². The van der Waals surface area contributed by atoms with Crippen LogP contribution in [0.3, 0.4) is 0 Å². The summed E-state index contributed by atoms with van der Waals surface area (Å²) in [6.07, 6.45) is 0. The Hall–Kier alpha value is -2.89. The number of aromatic nitrogens is 1. The van der Waals surface area contributed by atoms with Gasteiger partial charge < -0.3 is 10.4 Å². The van der Waals surface area contributed by atoms with Gasteiger partial charge in [0, 0.05) is 5.69 Å². The van der Waals surface area contributed by atoms with Crippen LogP contribution in [0.1, 0.15) is 10.5 Å². The molecule has 0 saturated carbocycles. The van der Waals surface area contributed by atoms with Gasteiger partial charge >= 0.3 is 12.0 Å². The van der Waals surface area contributed by atoms with Crippen molar-refractivity contribution in [3.8, 4) is 0 Å². The first kappa shape index (κ1) is 12.6. The van der Waals surface area contributed by atoms with Crippen molar-refractivity contribution in [2.75, 3.05) is 10.6 Å². The van der Waals surface area contributed by atoms with E-state index in [9.17, 15) is 9.59 Å². The van der Waals surface area contributed by atoms with Crippen LogP contribution in [0.15, 0.2) is 48.5 Å². The van der Waals surface area contributed by atoms with Gasteiger partial charge in [-0.3, -0.25) is 5.32 Å². The van der Waals surface area contributed by atoms with Crippen molar-refractivity contribution < 1.29 is 14.7 Å². The van der Waals surface area contributed by atoms with Gasteiger partial charge in [-0.2, -0.15) is 0 Å². The van der Waals surface area contributed by atoms with Gasteiger partial charge in [0.05, 0.1) is 0 Å². The first-order chi connectivity index (χ1) is 9.15. The zero-order valence-electron chi connectivity index (χ0n) is 9.83. The Balaban J connectivity index is 2.03. The van der Waals surface area contributed by atoms with Gasteiger partial charge in [-0.1, -0.05) is 24.3 Å². The normalized spacial score (nSPS) is 9.68. The van der Waals surface area contributed by atoms with E-state index in [-0.39, 0.29) is 11.5 Å². The zero-order chi connectivity index (χ0) is 13.7. The number of nitrogens with one attached hydrogen (secondary N) is 2. The molecular weight excluding hydrogens is 246 g/mol. The molecule has 1 aromatic carbocycles. The highest BCUT2D eigenvalue weighted by Gasteiger charge is 2.07. The molecule has 0 fully saturated rings. The SMILES string of the molecule is O=C(Nc1ccccc1)Nc1cccc(C(=O)O)n1. The van der Waals surface area contributed by atoms with Crippen molar-refractivity contribution >= 4 is 23.5 Å². The van der Waals surface area contributed by atoms with E-state index in [0.29, 0.717) is 5.69 Å². The number of rotatable bonds is 3. The third-order valence-corrected chi connectivity index (χ3v) is 2.24. The van der Waals surface area contributed by atoms with Gasteiger partial charge in [0.1, 0.15) is 5.82 Å². The second kappa shape index (κ2) is 5.63. The third kappa shape index (κ3) is 3.53. The molecule has 1 heterocycles. The number of anilines is 2. The first-order valence-corrected chi connectivity index (χ1v) is 5.48. The summed E-state index contributed by atoms with van der Waals surface area (Å²) in [5.41, 5.74) is 0.506. The number of aromatic carboxylic acids is 1. The fourth-order valence-electron chi connectivity index (χ4n) is 1.42. The molecule has 0 radical (unpaired) electrons. The summed E-state index contributed by atoms with van der Waals surface area (Å²) in [5.74, 6) is -0.972. The standard InChI is InChI=1S/C13H11N3O3/c17-12(18)10-7-4-8-11(15-10)16-13(19)14-9-5-2-1-3-6-9/h1-8H,(H,17,18)(H2,14,15,16,19). The Bertz CT molecular complexity index is 599. The van der Waals surface area contributed by atoms with Gasteiger partial charge in [-0.15, -0.1) is 0 Å². The van der Waals surface area contributed by atoms with Crippen LogP contribution >= 0.6 is 0 Å². The number of hydrogen-bond acceptors (Lipinski definition) is 3. The smallest absolute Gasteiger partial charge is 0.354 e. The number of para-hydroxylation sites is 1. The van der Waals surface area contributed by atoms with Crippen LogP contribution in [0.4, 0.5) is 16.3 Å². The first-order valence-electron chi connectivity index (χ1n) is 5.48. The topological polar surface area (TPSA) is 91.3 Å². The van der Waals surface area contributed by atoms with Crippen molar-refractivity contribution in [2.24, 2.45) is 0 Å². The highest BCUT2D eigenvalue weighted by Crippen LogP contribution is 2.08. The quantitative estimate of drug-likeness (QED) is 0.787. The summed E-state index contributed by atoms with van der Waals surface area (Å²) in [4.78, 5) is 26.2. The van der Waals surface area contributed by atoms with Crippen molar-refractivity contribution in [3.63, 3.8) is 0 Å². The van der Waals surface area contributed by atoms with Gasteiger partial charge in [0.2, 0.25) is 0 Å². The molecule has 0 spiro atoms. The number of carboxylic acid groups (broad SMARTS) is 1. The molecule has 2 amide bonds. The molecule has 0 unspecified atom stereocenters. The molecule has 19 heavy (non-hydrogen) atoms. The summed E-state index contributed by atoms with van der Waals surface area (Å²) in [7, 11) is 0. The predicted octanol–water partition coefficient (Wildman–Crippen LogP) is 2.42. The van der Waals surface area contributed by atoms with E-state index >= 15 is 0 Å². The zero-order valence-corrected chi connectivity index (χ0v) is 9.83. The molecule has 0 atom stereocenters. The number of pyridine rings is 1. The summed E-state index contributed by atoms with van der Waals surface area (Å²) in [5, 5.41) is 13.9. The number of nitrogens with zero attached hydrogens (tertiary/aromatic N) is 1. The molecule has 0 bridgehead atoms. The summed E-state index contributed by atoms with van der Waals surface area (Å²) in [6, 6.07) is 12.8. The van der Waals surface area contributed by atoms with E-state index < -0.39 is 12.0 Å². The average Bonchev–Trinajstić information content (AvgIpc) is 2.40. The minimum atomic E-state index is -1.15. The number of amides is 2. The van der Waals surface area contributed by atoms with E-state index in [0.717, 1.165) is 0 Å². The minimum Gasteiger partial charge on any atom is -0.477 e. The highest BCUT2D eigenvalue weighted by molar-refractivity contribution is 5.99. The van der Waals surface area contributed by atoms with E-state index in [1.54, 1.807) is 24.3 Å². The van der Waals surface area contributed by atoms with E-state index in [2.05, 4.69) is 15.6 Å². The molecule has 6 nitrogen and oxygen atoms in total. The number of carboxylic acids is 1. The summed E-state index contributed by atoms with van der Waals surface area (Å²) < 4.78 is 0. The van der Waals surface area contributed by atoms with Gasteiger partial charge in [0.25, 0.3) is 0 Å². The molecule has 96 valence electrons. The molecule has 0 aliphatic heterocycles. The Morgan fingerprint density at radius 2 is 1.68 bits per heavy atom. The second-order valence-corrected chi connectivity index (χ2v) is 3.66. The number of carbonyl (C=O) groups is 2. The van der Waals surface area contributed by atoms with Crippen LogP contribution in [0.5, 0.6) is 0 Å². The molecule has 0 saturated heterocycles. The van der Waals surface area contributed by atoms with E-state index in [4.69, 9.17) is 5.11 Å². The van der Waals surface area contributed by atoms with Gasteiger partial charge in [0.15, 0.2) is 5.69 Å². The van der Waals surface area contributed by atoms with Crippen LogP contribution in [0.25, 0.3) is 0 Å². The molecular formula is C13H11N3O3. The molecule has 0 aliphatic carbocycles. The van der Waals surface area contributed by atoms with Gasteiger partial charge in [-0.05, 0) is 24.3 Å². The van der Waals surface area contributed by atoms with Crippen molar-refractivity contribution in [3.05, 3.63) is 54.2 Å². The third-order valence-electron chi connectivity index (χ3n) is 2.24. The Kier molecular flexibility index (Phi) is 3.72. The fraction of sp³-hybridized carbons (Fsp3) is 0. The molecule has 2 aromatic rings. The predicted molar refractivity (Wildman–Crippen MR) is 70.3 cm³/mol. The number of hydrogen-bond donors (Lipinski definition) is 3. The lowest BCUT2D eigenvalue weighted by molar-refractivity contribution is 0.0690. The number of carbonyl (C=O) groups excluding carboxylic acids is 1. The molecule has 2 rings (SSSR count). The van der Waals surface area contributed by atoms with Crippen molar-refractivity contribution in [1.82, 2.24) is 4.98 Å². The highest BCUT2D eigenvalue weighted by atomic mass is 16.4. The van der Waals surface area contributed by atoms with E-state index in [1.807, 2.05) is 6.07 Å². The maximum absolute atomic E-state index is 11.7. The van der Waals surface area contributed by atoms with E-state index in [1.165, 1.54) is 18.2 Å². The summed E-state index contributed by atoms with van der Waals surface area (Å²) in [6.45, 7) is 0. The Labute approximate surface area is 109 Å². The lowest BCUT2D eigenvalue weighted by Crippen LogP contribution is -2.20. The monoisotopic (exact) mass is 257 g/mol. The van der Waals surface area contributed by atoms with Gasteiger partial charge in [-0.25, -0.2) is 14.6 Å². The lowest BCUT2D eigenvalue weighted by atomic mass is 10.3. The largest absolute Gasteiger partial charge is 0.477 e. The van der Waals surface area contributed by atoms with Crippen molar-refractivity contribution in [1.29, 1.82) is 0 Å². The number of benzene rings is 1. The average molecular weight is 257 g/mol. The van der Waals surface area contributed by atoms with Crippen LogP contribution in [-0.2, 0) is 0 Å². The summed E-state index contributed by atoms with van der Waals surface area (Å²) >= 11 is 0. The van der Waals surface area contributed by atoms with Crippen LogP contribution in [0, 0.1) is 0 Å². The van der Waals surface area contributed by atoms with Crippen molar-refractivity contribution in [2.45, 2.75) is 0 Å². The molecule has 6 heteroatoms. The van der Waals surface area contributed by atoms with Crippen LogP contribution in [0.2, 0.25) is 0 Å². The second-order valence-electron chi connectivity index (χ2n) is 3.66. The lowest BCUT2D eigenvalue weighted by Gasteiger charge is -2.07. The molecule has 3 N–H and O–H groups in total. The van der Waals surface area contributed by atoms with Crippen LogP contribution < -0.4 is 10.6 Å². The fourth-order valence-corrected chi connectivity index (χ4v) is 1.42. The Morgan fingerprint density at radius 1 is 0.947 bits per heavy atom. The maximum atomic E-state index is 11.7. The minimum absolute atomic E-state index is 0.127. The maximum Gasteiger partial charge on any atom is 0.354 e. The molecule has 0 aliphatic rings. The Morgan fingerprint density at radius 3 is 2.37 bits per heavy atom. The number of urea groups is 1.